The van der Waals surface area contributed by atoms with Crippen LogP contribution in [0.5, 0.6) is 0 Å². The third-order valence-corrected chi connectivity index (χ3v) is 7.59. The van der Waals surface area contributed by atoms with Crippen LogP contribution in [0, 0.1) is 6.92 Å². The van der Waals surface area contributed by atoms with Crippen LogP contribution < -0.4 is 11.2 Å². The fraction of sp³-hybridized carbons (Fsp3) is 0.600. The Labute approximate surface area is 176 Å². The highest BCUT2D eigenvalue weighted by molar-refractivity contribution is 7.66. The number of phosphoric acid groups is 3. The molecule has 2 unspecified atom stereocenters. The molecule has 1 saturated heterocycles. The fourth-order valence-electron chi connectivity index (χ4n) is 2.51. The highest BCUT2D eigenvalue weighted by Gasteiger charge is 2.51. The van der Waals surface area contributed by atoms with Crippen molar-refractivity contribution in [1.82, 2.24) is 9.55 Å². The Kier molecular flexibility index (Phi) is 7.71. The van der Waals surface area contributed by atoms with Gasteiger partial charge in [-0.2, -0.15) is 8.62 Å². The largest absolute Gasteiger partial charge is 0.490 e. The van der Waals surface area contributed by atoms with E-state index >= 15 is 0 Å². The second-order valence-electron chi connectivity index (χ2n) is 6.20. The Morgan fingerprint density at radius 1 is 1.28 bits per heavy atom. The van der Waals surface area contributed by atoms with Crippen LogP contribution in [-0.4, -0.2) is 52.7 Å². The Balaban J connectivity index is 2.25. The van der Waals surface area contributed by atoms with Gasteiger partial charge < -0.3 is 29.4 Å². The number of aromatic amines is 1. The van der Waals surface area contributed by atoms with Crippen LogP contribution in [0.4, 0.5) is 0 Å². The van der Waals surface area contributed by atoms with Crippen molar-refractivity contribution in [2.45, 2.75) is 31.4 Å². The molecule has 180 valence electrons. The third kappa shape index (κ3) is 6.66. The maximum atomic E-state index is 12.0. The smallest absolute Gasteiger partial charge is 0.390 e. The van der Waals surface area contributed by atoms with Gasteiger partial charge in [0.2, 0.25) is 0 Å². The molecule has 1 aliphatic rings. The normalized spacial score (nSPS) is 27.3. The molecule has 0 saturated carbocycles. The zero-order valence-electron chi connectivity index (χ0n) is 15.7. The second-order valence-corrected chi connectivity index (χ2v) is 10.6. The summed E-state index contributed by atoms with van der Waals surface area (Å²) in [4.78, 5) is 63.6. The van der Waals surface area contributed by atoms with Crippen LogP contribution in [-0.2, 0) is 31.6 Å². The summed E-state index contributed by atoms with van der Waals surface area (Å²) in [6, 6.07) is 0. The summed E-state index contributed by atoms with van der Waals surface area (Å²) in [5.41, 5.74) is 4.75. The lowest BCUT2D eigenvalue weighted by Gasteiger charge is -2.27. The monoisotopic (exact) mass is 523 g/mol. The molecule has 5 atom stereocenters. The van der Waals surface area contributed by atoms with E-state index in [1.807, 2.05) is 4.98 Å². The SMILES string of the molecule is Cc1cn([C@H]2C[C@H](O)[C@](COP(=O)(O)OP(=O)(O)OP(=O)(O)O)(N=[N+]=[N-])O2)c(=O)[nH]c1=O. The average molecular weight is 523 g/mol. The molecular weight excluding hydrogens is 507 g/mol. The number of azide groups is 1. The number of hydrogen-bond donors (Lipinski definition) is 6. The molecule has 32 heavy (non-hydrogen) atoms. The number of aromatic nitrogens is 2. The van der Waals surface area contributed by atoms with Crippen molar-refractivity contribution in [3.63, 3.8) is 0 Å². The summed E-state index contributed by atoms with van der Waals surface area (Å²) < 4.78 is 51.5. The number of hydrogen-bond acceptors (Lipinski definition) is 11. The molecule has 1 fully saturated rings. The second kappa shape index (κ2) is 9.29. The highest BCUT2D eigenvalue weighted by atomic mass is 31.3. The summed E-state index contributed by atoms with van der Waals surface area (Å²) in [5, 5.41) is 13.5. The Morgan fingerprint density at radius 3 is 2.47 bits per heavy atom. The average Bonchev–Trinajstić information content (AvgIpc) is 2.90. The number of aliphatic hydroxyl groups excluding tert-OH is 1. The number of nitrogens with zero attached hydrogens (tertiary/aromatic N) is 4. The fourth-order valence-corrected chi connectivity index (χ4v) is 5.55. The molecule has 1 aromatic rings. The van der Waals surface area contributed by atoms with Crippen molar-refractivity contribution >= 4 is 23.5 Å². The summed E-state index contributed by atoms with van der Waals surface area (Å²) in [7, 11) is -17.1. The van der Waals surface area contributed by atoms with Crippen molar-refractivity contribution in [3.8, 4) is 0 Å². The molecule has 0 bridgehead atoms. The lowest BCUT2D eigenvalue weighted by atomic mass is 10.1. The van der Waals surface area contributed by atoms with Gasteiger partial charge >= 0.3 is 29.2 Å². The molecule has 1 aliphatic heterocycles. The summed E-state index contributed by atoms with van der Waals surface area (Å²) >= 11 is 0. The first-order chi connectivity index (χ1) is 14.5. The standard InChI is InChI=1S/C10H16N5O14P3/c1-5-3-15(9(18)12-8(5)17)7-2-6(16)10(27-7,13-14-11)4-26-31(22,23)29-32(24,25)28-30(19,20)21/h3,6-7,16H,2,4H2,1H3,(H,22,23)(H,24,25)(H,12,17,18)(H2,19,20,21)/t6-,7+,10+/m0/s1. The molecule has 19 nitrogen and oxygen atoms in total. The molecule has 0 amide bonds. The number of rotatable bonds is 9. The number of ether oxygens (including phenoxy) is 1. The molecule has 0 aromatic carbocycles. The number of nitrogens with one attached hydrogen (secondary N) is 1. The van der Waals surface area contributed by atoms with Gasteiger partial charge in [0.05, 0.1) is 12.7 Å². The van der Waals surface area contributed by atoms with Crippen LogP contribution in [0.1, 0.15) is 18.2 Å². The van der Waals surface area contributed by atoms with Gasteiger partial charge in [-0.15, -0.1) is 0 Å². The molecular formula is C10H16N5O14P3. The van der Waals surface area contributed by atoms with Crippen LogP contribution in [0.15, 0.2) is 20.9 Å². The predicted octanol–water partition coefficient (Wildman–Crippen LogP) is -0.525. The lowest BCUT2D eigenvalue weighted by Crippen LogP contribution is -2.41. The molecule has 0 aliphatic carbocycles. The van der Waals surface area contributed by atoms with Gasteiger partial charge in [-0.1, -0.05) is 5.11 Å². The van der Waals surface area contributed by atoms with Crippen molar-refractivity contribution in [2.24, 2.45) is 5.11 Å². The van der Waals surface area contributed by atoms with E-state index in [-0.39, 0.29) is 5.56 Å². The number of aliphatic hydroxyl groups is 1. The maximum Gasteiger partial charge on any atom is 0.490 e. The quantitative estimate of drug-likeness (QED) is 0.103. The highest BCUT2D eigenvalue weighted by Crippen LogP contribution is 2.66. The van der Waals surface area contributed by atoms with Crippen molar-refractivity contribution in [1.29, 1.82) is 0 Å². The molecule has 22 heteroatoms. The van der Waals surface area contributed by atoms with Crippen molar-refractivity contribution in [3.05, 3.63) is 43.0 Å². The Bertz CT molecular complexity index is 1180. The van der Waals surface area contributed by atoms with Crippen LogP contribution in [0.2, 0.25) is 0 Å². The van der Waals surface area contributed by atoms with Gasteiger partial charge in [-0.3, -0.25) is 18.9 Å². The third-order valence-electron chi connectivity index (χ3n) is 3.81. The molecule has 2 rings (SSSR count). The molecule has 6 N–H and O–H groups in total. The first-order valence-corrected chi connectivity index (χ1v) is 12.5. The Morgan fingerprint density at radius 2 is 1.91 bits per heavy atom. The van der Waals surface area contributed by atoms with E-state index in [0.717, 1.165) is 10.8 Å². The first-order valence-electron chi connectivity index (χ1n) is 8.02. The summed E-state index contributed by atoms with van der Waals surface area (Å²) in [6.45, 7) is 0.0612. The van der Waals surface area contributed by atoms with E-state index in [4.69, 9.17) is 24.9 Å². The summed E-state index contributed by atoms with van der Waals surface area (Å²) in [5.74, 6) is 0. The van der Waals surface area contributed by atoms with E-state index in [0.29, 0.717) is 0 Å². The molecule has 2 heterocycles. The number of aryl methyl sites for hydroxylation is 1. The van der Waals surface area contributed by atoms with Crippen LogP contribution in [0.25, 0.3) is 10.4 Å². The van der Waals surface area contributed by atoms with Gasteiger partial charge in [-0.05, 0) is 12.5 Å². The van der Waals surface area contributed by atoms with E-state index in [9.17, 15) is 33.3 Å². The predicted molar refractivity (Wildman–Crippen MR) is 98.5 cm³/mol. The topological polar surface area (TPSA) is 293 Å². The lowest BCUT2D eigenvalue weighted by molar-refractivity contribution is -0.122. The molecule has 1 aromatic heterocycles. The minimum absolute atomic E-state index is 0.0808. The minimum atomic E-state index is -5.81. The zero-order valence-corrected chi connectivity index (χ0v) is 18.4. The van der Waals surface area contributed by atoms with Crippen LogP contribution >= 0.6 is 23.5 Å². The van der Waals surface area contributed by atoms with Crippen molar-refractivity contribution in [2.75, 3.05) is 6.61 Å². The maximum absolute atomic E-state index is 12.0. The van der Waals surface area contributed by atoms with E-state index in [1.54, 1.807) is 0 Å². The van der Waals surface area contributed by atoms with Gasteiger partial charge in [0, 0.05) is 23.1 Å². The molecule has 0 radical (unpaired) electrons. The van der Waals surface area contributed by atoms with E-state index < -0.39 is 65.8 Å². The minimum Gasteiger partial charge on any atom is -0.390 e. The Hall–Kier alpha value is -1.68. The summed E-state index contributed by atoms with van der Waals surface area (Å²) in [6.07, 6.45) is -2.49. The van der Waals surface area contributed by atoms with Gasteiger partial charge in [0.15, 0.2) is 5.72 Å². The van der Waals surface area contributed by atoms with Crippen LogP contribution in [0.3, 0.4) is 0 Å². The van der Waals surface area contributed by atoms with Gasteiger partial charge in [-0.25, -0.2) is 18.5 Å². The van der Waals surface area contributed by atoms with Crippen molar-refractivity contribution < 1.29 is 56.3 Å². The van der Waals surface area contributed by atoms with E-state index in [2.05, 4.69) is 23.2 Å². The number of H-pyrrole nitrogens is 1. The van der Waals surface area contributed by atoms with Gasteiger partial charge in [0.25, 0.3) is 5.56 Å². The molecule has 0 spiro atoms. The first kappa shape index (κ1) is 26.6. The van der Waals surface area contributed by atoms with E-state index in [1.165, 1.54) is 6.92 Å². The number of phosphoric ester groups is 1. The zero-order chi connectivity index (χ0) is 24.5. The van der Waals surface area contributed by atoms with Gasteiger partial charge in [0.1, 0.15) is 6.23 Å².